The number of nitrogens with zero attached hydrogens (tertiary/aromatic N) is 1. The summed E-state index contributed by atoms with van der Waals surface area (Å²) in [5.74, 6) is -3.82. The molecule has 27 heavy (non-hydrogen) atoms. The van der Waals surface area contributed by atoms with Crippen molar-refractivity contribution in [3.8, 4) is 10.6 Å². The van der Waals surface area contributed by atoms with E-state index in [4.69, 9.17) is 17.3 Å². The highest BCUT2D eigenvalue weighted by atomic mass is 35.5. The fourth-order valence-electron chi connectivity index (χ4n) is 2.34. The summed E-state index contributed by atoms with van der Waals surface area (Å²) in [4.78, 5) is 28.3. The van der Waals surface area contributed by atoms with E-state index in [9.17, 15) is 18.4 Å². The molecule has 0 aliphatic heterocycles. The second-order valence-corrected chi connectivity index (χ2v) is 7.01. The monoisotopic (exact) mass is 407 g/mol. The number of hydrogen-bond donors (Lipinski definition) is 2. The van der Waals surface area contributed by atoms with E-state index in [1.165, 1.54) is 0 Å². The number of halogens is 3. The third kappa shape index (κ3) is 3.96. The maximum atomic E-state index is 13.9. The smallest absolute Gasteiger partial charge is 0.267 e. The molecule has 2 aromatic carbocycles. The van der Waals surface area contributed by atoms with Gasteiger partial charge in [0.15, 0.2) is 0 Å². The lowest BCUT2D eigenvalue weighted by atomic mass is 10.1. The van der Waals surface area contributed by atoms with E-state index >= 15 is 0 Å². The third-order valence-electron chi connectivity index (χ3n) is 3.66. The zero-order valence-electron chi connectivity index (χ0n) is 13.8. The molecule has 9 heteroatoms. The van der Waals surface area contributed by atoms with Crippen molar-refractivity contribution in [2.45, 2.75) is 6.92 Å². The lowest BCUT2D eigenvalue weighted by molar-refractivity contribution is 0.0992. The Labute approximate surface area is 161 Å². The molecule has 0 saturated carbocycles. The van der Waals surface area contributed by atoms with Crippen molar-refractivity contribution >= 4 is 40.4 Å². The molecule has 0 radical (unpaired) electrons. The lowest BCUT2D eigenvalue weighted by Crippen LogP contribution is -2.17. The van der Waals surface area contributed by atoms with Crippen molar-refractivity contribution in [3.05, 3.63) is 69.2 Å². The normalized spacial score (nSPS) is 10.7. The first-order valence-corrected chi connectivity index (χ1v) is 8.79. The van der Waals surface area contributed by atoms with Gasteiger partial charge in [0.05, 0.1) is 16.9 Å². The van der Waals surface area contributed by atoms with E-state index in [1.54, 1.807) is 31.2 Å². The molecule has 0 bridgehead atoms. The SMILES string of the molecule is Cc1nc(-c2ccc(Cl)cc2)sc1C(=O)Nc1cc(C(N)=O)c(F)cc1F. The maximum Gasteiger partial charge on any atom is 0.267 e. The first-order valence-electron chi connectivity index (χ1n) is 7.60. The number of anilines is 1. The topological polar surface area (TPSA) is 85.1 Å². The summed E-state index contributed by atoms with van der Waals surface area (Å²) in [5, 5.41) is 3.49. The number of carbonyl (C=O) groups is 2. The van der Waals surface area contributed by atoms with Crippen LogP contribution in [-0.4, -0.2) is 16.8 Å². The zero-order chi connectivity index (χ0) is 19.7. The van der Waals surface area contributed by atoms with Gasteiger partial charge in [-0.2, -0.15) is 0 Å². The van der Waals surface area contributed by atoms with Gasteiger partial charge in [-0.05, 0) is 25.1 Å². The molecular formula is C18H12ClF2N3O2S. The number of primary amides is 1. The number of benzene rings is 2. The van der Waals surface area contributed by atoms with Crippen LogP contribution in [0.15, 0.2) is 36.4 Å². The van der Waals surface area contributed by atoms with E-state index in [1.807, 2.05) is 0 Å². The number of amides is 2. The Hall–Kier alpha value is -2.84. The summed E-state index contributed by atoms with van der Waals surface area (Å²) >= 11 is 6.97. The molecule has 3 N–H and O–H groups in total. The van der Waals surface area contributed by atoms with Gasteiger partial charge < -0.3 is 11.1 Å². The molecule has 0 unspecified atom stereocenters. The Kier molecular flexibility index (Phi) is 5.20. The molecule has 1 aromatic heterocycles. The van der Waals surface area contributed by atoms with Gasteiger partial charge in [-0.15, -0.1) is 11.3 Å². The largest absolute Gasteiger partial charge is 0.366 e. The van der Waals surface area contributed by atoms with Gasteiger partial charge in [0.1, 0.15) is 21.5 Å². The molecule has 0 saturated heterocycles. The van der Waals surface area contributed by atoms with E-state index in [0.717, 1.165) is 23.0 Å². The van der Waals surface area contributed by atoms with Gasteiger partial charge in [0.2, 0.25) is 0 Å². The average Bonchev–Trinajstić information content (AvgIpc) is 2.99. The van der Waals surface area contributed by atoms with Gasteiger partial charge in [-0.25, -0.2) is 13.8 Å². The molecule has 1 heterocycles. The van der Waals surface area contributed by atoms with E-state index in [2.05, 4.69) is 10.3 Å². The molecule has 3 rings (SSSR count). The Morgan fingerprint density at radius 2 is 1.81 bits per heavy atom. The summed E-state index contributed by atoms with van der Waals surface area (Å²) in [6, 6.07) is 8.29. The van der Waals surface area contributed by atoms with Gasteiger partial charge in [-0.1, -0.05) is 23.7 Å². The fourth-order valence-corrected chi connectivity index (χ4v) is 3.43. The molecule has 2 amide bonds. The number of nitrogens with one attached hydrogen (secondary N) is 1. The van der Waals surface area contributed by atoms with Crippen molar-refractivity contribution in [1.29, 1.82) is 0 Å². The summed E-state index contributed by atoms with van der Waals surface area (Å²) in [7, 11) is 0. The van der Waals surface area contributed by atoms with Crippen molar-refractivity contribution < 1.29 is 18.4 Å². The molecule has 3 aromatic rings. The standard InChI is InChI=1S/C18H12ClF2N3O2S/c1-8-15(27-18(23-8)9-2-4-10(19)5-3-9)17(26)24-14-6-11(16(22)25)12(20)7-13(14)21/h2-7H,1H3,(H2,22,25)(H,24,26). The highest BCUT2D eigenvalue weighted by Gasteiger charge is 2.20. The van der Waals surface area contributed by atoms with E-state index < -0.39 is 29.0 Å². The van der Waals surface area contributed by atoms with Crippen LogP contribution < -0.4 is 11.1 Å². The lowest BCUT2D eigenvalue weighted by Gasteiger charge is -2.08. The van der Waals surface area contributed by atoms with Gasteiger partial charge in [-0.3, -0.25) is 9.59 Å². The quantitative estimate of drug-likeness (QED) is 0.672. The number of nitrogens with two attached hydrogens (primary N) is 1. The van der Waals surface area contributed by atoms with Gasteiger partial charge in [0.25, 0.3) is 11.8 Å². The van der Waals surface area contributed by atoms with Crippen LogP contribution in [-0.2, 0) is 0 Å². The number of aromatic nitrogens is 1. The summed E-state index contributed by atoms with van der Waals surface area (Å²) < 4.78 is 27.5. The number of rotatable bonds is 4. The molecular weight excluding hydrogens is 396 g/mol. The Morgan fingerprint density at radius 3 is 2.44 bits per heavy atom. The van der Waals surface area contributed by atoms with Crippen molar-refractivity contribution in [2.75, 3.05) is 5.32 Å². The first kappa shape index (κ1) is 18.9. The predicted molar refractivity (Wildman–Crippen MR) is 100 cm³/mol. The third-order valence-corrected chi connectivity index (χ3v) is 5.12. The summed E-state index contributed by atoms with van der Waals surface area (Å²) in [5.41, 5.74) is 5.39. The second kappa shape index (κ2) is 7.42. The summed E-state index contributed by atoms with van der Waals surface area (Å²) in [6.07, 6.45) is 0. The first-order chi connectivity index (χ1) is 12.8. The van der Waals surface area contributed by atoms with Crippen LogP contribution in [0.4, 0.5) is 14.5 Å². The van der Waals surface area contributed by atoms with Crippen LogP contribution >= 0.6 is 22.9 Å². The van der Waals surface area contributed by atoms with Crippen LogP contribution in [0, 0.1) is 18.6 Å². The zero-order valence-corrected chi connectivity index (χ0v) is 15.4. The predicted octanol–water partition coefficient (Wildman–Crippen LogP) is 4.40. The highest BCUT2D eigenvalue weighted by molar-refractivity contribution is 7.17. The van der Waals surface area contributed by atoms with Crippen LogP contribution in [0.2, 0.25) is 5.02 Å². The fraction of sp³-hybridized carbons (Fsp3) is 0.0556. The number of carbonyl (C=O) groups excluding carboxylic acids is 2. The van der Waals surface area contributed by atoms with E-state index in [-0.39, 0.29) is 10.6 Å². The molecule has 0 aliphatic rings. The Morgan fingerprint density at radius 1 is 1.15 bits per heavy atom. The molecule has 0 atom stereocenters. The number of hydrogen-bond acceptors (Lipinski definition) is 4. The highest BCUT2D eigenvalue weighted by Crippen LogP contribution is 2.30. The van der Waals surface area contributed by atoms with Crippen molar-refractivity contribution in [3.63, 3.8) is 0 Å². The Balaban J connectivity index is 1.90. The second-order valence-electron chi connectivity index (χ2n) is 5.57. The minimum Gasteiger partial charge on any atom is -0.366 e. The van der Waals surface area contributed by atoms with Gasteiger partial charge in [0, 0.05) is 16.7 Å². The Bertz CT molecular complexity index is 1050. The van der Waals surface area contributed by atoms with Crippen LogP contribution in [0.3, 0.4) is 0 Å². The minimum atomic E-state index is -1.10. The van der Waals surface area contributed by atoms with Gasteiger partial charge >= 0.3 is 0 Å². The van der Waals surface area contributed by atoms with Crippen LogP contribution in [0.5, 0.6) is 0 Å². The molecule has 0 spiro atoms. The van der Waals surface area contributed by atoms with Crippen molar-refractivity contribution in [1.82, 2.24) is 4.98 Å². The molecule has 0 fully saturated rings. The maximum absolute atomic E-state index is 13.9. The molecule has 5 nitrogen and oxygen atoms in total. The van der Waals surface area contributed by atoms with Crippen LogP contribution in [0.1, 0.15) is 25.7 Å². The average molecular weight is 408 g/mol. The summed E-state index contributed by atoms with van der Waals surface area (Å²) in [6.45, 7) is 1.64. The van der Waals surface area contributed by atoms with E-state index in [0.29, 0.717) is 21.8 Å². The minimum absolute atomic E-state index is 0.254. The molecule has 138 valence electrons. The number of aryl methyl sites for hydroxylation is 1. The molecule has 0 aliphatic carbocycles. The van der Waals surface area contributed by atoms with Crippen molar-refractivity contribution in [2.24, 2.45) is 5.73 Å². The van der Waals surface area contributed by atoms with Crippen LogP contribution in [0.25, 0.3) is 10.6 Å². The number of thiazole rings is 1.